The summed E-state index contributed by atoms with van der Waals surface area (Å²) in [5.74, 6) is -1.48. The predicted molar refractivity (Wildman–Crippen MR) is 121 cm³/mol. The van der Waals surface area contributed by atoms with Crippen LogP contribution in [-0.2, 0) is 0 Å². The highest BCUT2D eigenvalue weighted by Crippen LogP contribution is 2.29. The van der Waals surface area contributed by atoms with Crippen molar-refractivity contribution < 1.29 is 31.8 Å². The molecule has 0 saturated carbocycles. The normalized spacial score (nSPS) is 12.3. The van der Waals surface area contributed by atoms with Crippen molar-refractivity contribution in [1.82, 2.24) is 24.9 Å². The van der Waals surface area contributed by atoms with E-state index in [1.165, 1.54) is 26.3 Å². The van der Waals surface area contributed by atoms with E-state index in [1.54, 1.807) is 29.9 Å². The maximum Gasteiger partial charge on any atom is 0.573 e. The topological polar surface area (TPSA) is 103 Å². The average molecular weight is 504 g/mol. The number of nitrogens with one attached hydrogen (secondary N) is 2. The molecule has 3 aromatic heterocycles. The van der Waals surface area contributed by atoms with E-state index in [4.69, 9.17) is 4.74 Å². The van der Waals surface area contributed by atoms with Crippen LogP contribution >= 0.6 is 0 Å². The molecule has 0 aliphatic heterocycles. The summed E-state index contributed by atoms with van der Waals surface area (Å²) in [6.07, 6.45) is -1.78. The maximum atomic E-state index is 14.3. The quantitative estimate of drug-likeness (QED) is 0.361. The fourth-order valence-corrected chi connectivity index (χ4v) is 3.48. The summed E-state index contributed by atoms with van der Waals surface area (Å²) in [5, 5.41) is 9.95. The second kappa shape index (κ2) is 9.68. The maximum absolute atomic E-state index is 14.3. The summed E-state index contributed by atoms with van der Waals surface area (Å²) < 4.78 is 62.6. The van der Waals surface area contributed by atoms with Gasteiger partial charge in [0, 0.05) is 24.4 Å². The molecule has 1 amide bonds. The minimum Gasteiger partial charge on any atom is -0.480 e. The van der Waals surface area contributed by atoms with Gasteiger partial charge in [-0.25, -0.2) is 18.9 Å². The Morgan fingerprint density at radius 2 is 1.94 bits per heavy atom. The number of benzene rings is 1. The first-order valence-electron chi connectivity index (χ1n) is 10.5. The largest absolute Gasteiger partial charge is 0.573 e. The number of nitrogens with zero attached hydrogens (tertiary/aromatic N) is 4. The molecule has 3 heterocycles. The van der Waals surface area contributed by atoms with Crippen molar-refractivity contribution in [2.75, 3.05) is 19.5 Å². The Balaban J connectivity index is 1.61. The van der Waals surface area contributed by atoms with Crippen molar-refractivity contribution in [3.63, 3.8) is 0 Å². The number of fused-ring (bicyclic) bond motifs is 1. The Kier molecular flexibility index (Phi) is 6.64. The number of carbonyl (C=O) groups is 1. The predicted octanol–water partition coefficient (Wildman–Crippen LogP) is 4.37. The van der Waals surface area contributed by atoms with Crippen LogP contribution in [0, 0.1) is 5.82 Å². The Hall–Kier alpha value is -4.42. The molecule has 36 heavy (non-hydrogen) atoms. The van der Waals surface area contributed by atoms with E-state index >= 15 is 0 Å². The number of alkyl halides is 3. The molecule has 0 saturated heterocycles. The summed E-state index contributed by atoms with van der Waals surface area (Å²) >= 11 is 0. The summed E-state index contributed by atoms with van der Waals surface area (Å²) in [6, 6.07) is 6.49. The molecule has 4 aromatic rings. The summed E-state index contributed by atoms with van der Waals surface area (Å²) in [6.45, 7) is 1.42. The van der Waals surface area contributed by atoms with Crippen LogP contribution in [0.15, 0.2) is 48.8 Å². The number of hydrogen-bond acceptors (Lipinski definition) is 7. The molecule has 13 heteroatoms. The van der Waals surface area contributed by atoms with Crippen molar-refractivity contribution in [1.29, 1.82) is 0 Å². The summed E-state index contributed by atoms with van der Waals surface area (Å²) in [5.41, 5.74) is 1.41. The van der Waals surface area contributed by atoms with Crippen LogP contribution in [0.3, 0.4) is 0 Å². The van der Waals surface area contributed by atoms with Crippen LogP contribution in [0.4, 0.5) is 23.4 Å². The Morgan fingerprint density at radius 3 is 2.64 bits per heavy atom. The molecule has 9 nitrogen and oxygen atoms in total. The van der Waals surface area contributed by atoms with Crippen LogP contribution in [0.2, 0.25) is 0 Å². The van der Waals surface area contributed by atoms with Crippen molar-refractivity contribution in [3.8, 4) is 22.9 Å². The lowest BCUT2D eigenvalue weighted by atomic mass is 10.1. The molecule has 1 aromatic carbocycles. The van der Waals surface area contributed by atoms with E-state index in [0.29, 0.717) is 22.7 Å². The number of pyridine rings is 1. The molecule has 0 radical (unpaired) electrons. The van der Waals surface area contributed by atoms with Crippen molar-refractivity contribution in [2.24, 2.45) is 0 Å². The standard InChI is InChI=1S/C23H20F4N6O3/c1-12(15-9-14(4-5-17(15)24)36-23(25,26)27)30-21(34)16-8-13(10-29-22(16)35-3)18-6-7-20-31-19(28-2)11-33(20)32-18/h4-12,28H,1-3H3,(H,30,34)/t12-/m0/s1. The average Bonchev–Trinajstić information content (AvgIpc) is 3.26. The molecule has 0 aliphatic rings. The Morgan fingerprint density at radius 1 is 1.17 bits per heavy atom. The lowest BCUT2D eigenvalue weighted by Crippen LogP contribution is -2.28. The molecule has 0 unspecified atom stereocenters. The van der Waals surface area contributed by atoms with Crippen LogP contribution in [0.25, 0.3) is 16.9 Å². The molecule has 0 bridgehead atoms. The van der Waals surface area contributed by atoms with E-state index in [9.17, 15) is 22.4 Å². The number of rotatable bonds is 7. The molecule has 0 aliphatic carbocycles. The van der Waals surface area contributed by atoms with E-state index in [1.807, 2.05) is 0 Å². The van der Waals surface area contributed by atoms with Crippen LogP contribution in [0.1, 0.15) is 28.9 Å². The van der Waals surface area contributed by atoms with Crippen molar-refractivity contribution in [3.05, 3.63) is 65.7 Å². The van der Waals surface area contributed by atoms with E-state index < -0.39 is 29.9 Å². The van der Waals surface area contributed by atoms with E-state index in [0.717, 1.165) is 18.2 Å². The highest BCUT2D eigenvalue weighted by Gasteiger charge is 2.31. The van der Waals surface area contributed by atoms with Gasteiger partial charge in [0.25, 0.3) is 5.91 Å². The van der Waals surface area contributed by atoms with E-state index in [-0.39, 0.29) is 17.0 Å². The summed E-state index contributed by atoms with van der Waals surface area (Å²) in [7, 11) is 3.06. The molecule has 0 fully saturated rings. The number of ether oxygens (including phenoxy) is 2. The van der Waals surface area contributed by atoms with Gasteiger partial charge < -0.3 is 20.1 Å². The van der Waals surface area contributed by atoms with Gasteiger partial charge in [0.2, 0.25) is 5.88 Å². The van der Waals surface area contributed by atoms with Gasteiger partial charge in [0.15, 0.2) is 5.65 Å². The zero-order valence-corrected chi connectivity index (χ0v) is 19.2. The Bertz CT molecular complexity index is 1420. The molecular formula is C23H20F4N6O3. The highest BCUT2D eigenvalue weighted by molar-refractivity contribution is 5.97. The van der Waals surface area contributed by atoms with Crippen molar-refractivity contribution >= 4 is 17.4 Å². The fourth-order valence-electron chi connectivity index (χ4n) is 3.48. The van der Waals surface area contributed by atoms with Gasteiger partial charge in [-0.15, -0.1) is 13.2 Å². The van der Waals surface area contributed by atoms with Crippen LogP contribution < -0.4 is 20.1 Å². The smallest absolute Gasteiger partial charge is 0.480 e. The molecule has 2 N–H and O–H groups in total. The first kappa shape index (κ1) is 24.7. The second-order valence-electron chi connectivity index (χ2n) is 7.60. The number of hydrogen-bond donors (Lipinski definition) is 2. The van der Waals surface area contributed by atoms with Gasteiger partial charge in [-0.3, -0.25) is 4.79 Å². The van der Waals surface area contributed by atoms with Crippen LogP contribution in [0.5, 0.6) is 11.6 Å². The fraction of sp³-hybridized carbons (Fsp3) is 0.217. The van der Waals surface area contributed by atoms with Crippen LogP contribution in [-0.4, -0.2) is 46.0 Å². The number of anilines is 1. The number of aromatic nitrogens is 4. The van der Waals surface area contributed by atoms with Gasteiger partial charge in [0.1, 0.15) is 22.9 Å². The number of methoxy groups -OCH3 is 1. The first-order valence-corrected chi connectivity index (χ1v) is 10.5. The molecular weight excluding hydrogens is 484 g/mol. The number of carbonyl (C=O) groups excluding carboxylic acids is 1. The highest BCUT2D eigenvalue weighted by atomic mass is 19.4. The van der Waals surface area contributed by atoms with Crippen molar-refractivity contribution in [2.45, 2.75) is 19.3 Å². The Labute approximate surface area is 202 Å². The minimum absolute atomic E-state index is 0.000689. The third-order valence-electron chi connectivity index (χ3n) is 5.18. The first-order chi connectivity index (χ1) is 17.1. The van der Waals surface area contributed by atoms with Gasteiger partial charge in [-0.2, -0.15) is 5.10 Å². The molecule has 188 valence electrons. The number of halogens is 4. The monoisotopic (exact) mass is 504 g/mol. The SMILES string of the molecule is CNc1cn2nc(-c3cnc(OC)c(C(=O)N[C@@H](C)c4cc(OC(F)(F)F)ccc4F)c3)ccc2n1. The van der Waals surface area contributed by atoms with E-state index in [2.05, 4.69) is 30.4 Å². The zero-order valence-electron chi connectivity index (χ0n) is 19.2. The van der Waals surface area contributed by atoms with Gasteiger partial charge in [-0.1, -0.05) is 0 Å². The molecule has 4 rings (SSSR count). The lowest BCUT2D eigenvalue weighted by Gasteiger charge is -2.18. The minimum atomic E-state index is -4.94. The lowest BCUT2D eigenvalue weighted by molar-refractivity contribution is -0.274. The third-order valence-corrected chi connectivity index (χ3v) is 5.18. The third kappa shape index (κ3) is 5.29. The molecule has 1 atom stereocenters. The summed E-state index contributed by atoms with van der Waals surface area (Å²) in [4.78, 5) is 21.6. The second-order valence-corrected chi connectivity index (χ2v) is 7.60. The molecule has 0 spiro atoms. The van der Waals surface area contributed by atoms with Gasteiger partial charge in [0.05, 0.1) is 25.0 Å². The number of amides is 1. The number of imidazole rings is 1. The van der Waals surface area contributed by atoms with Gasteiger partial charge >= 0.3 is 6.36 Å². The zero-order chi connectivity index (χ0) is 26.0. The van der Waals surface area contributed by atoms with Gasteiger partial charge in [-0.05, 0) is 43.3 Å².